The largest absolute Gasteiger partial charge is 0.493 e. The minimum absolute atomic E-state index is 0.144. The Hall–Kier alpha value is -3.62. The van der Waals surface area contributed by atoms with Crippen LogP contribution in [-0.4, -0.2) is 43.2 Å². The first-order valence-corrected chi connectivity index (χ1v) is 9.61. The minimum Gasteiger partial charge on any atom is -0.493 e. The monoisotopic (exact) mass is 409 g/mol. The molecule has 1 aromatic carbocycles. The summed E-state index contributed by atoms with van der Waals surface area (Å²) in [6.07, 6.45) is 3.12. The molecular weight excluding hydrogens is 386 g/mol. The molecule has 0 fully saturated rings. The first-order chi connectivity index (χ1) is 14.3. The normalized spacial score (nSPS) is 13.6. The number of rotatable bonds is 3. The fraction of sp³-hybridized carbons (Fsp3) is 0.333. The fourth-order valence-corrected chi connectivity index (χ4v) is 3.14. The van der Waals surface area contributed by atoms with Crippen LogP contribution in [0.1, 0.15) is 32.0 Å². The maximum Gasteiger partial charge on any atom is 0.410 e. The zero-order valence-electron chi connectivity index (χ0n) is 17.0. The molecule has 9 nitrogen and oxygen atoms in total. The molecule has 156 valence electrons. The second-order valence-corrected chi connectivity index (χ2v) is 8.02. The smallest absolute Gasteiger partial charge is 0.410 e. The number of benzene rings is 1. The number of nitrogens with one attached hydrogen (secondary N) is 1. The number of amides is 1. The average Bonchev–Trinajstić information content (AvgIpc) is 3.22. The quantitative estimate of drug-likeness (QED) is 0.670. The highest BCUT2D eigenvalue weighted by Gasteiger charge is 2.28. The number of hydrogen-bond acceptors (Lipinski definition) is 8. The van der Waals surface area contributed by atoms with Crippen LogP contribution in [0.4, 0.5) is 16.4 Å². The Balaban J connectivity index is 1.47. The van der Waals surface area contributed by atoms with Gasteiger partial charge in [-0.3, -0.25) is 0 Å². The Bertz CT molecular complexity index is 1040. The van der Waals surface area contributed by atoms with Gasteiger partial charge in [0, 0.05) is 24.2 Å². The van der Waals surface area contributed by atoms with Crippen molar-refractivity contribution in [1.82, 2.24) is 19.9 Å². The van der Waals surface area contributed by atoms with E-state index in [1.54, 1.807) is 11.1 Å². The third-order valence-corrected chi connectivity index (χ3v) is 4.55. The van der Waals surface area contributed by atoms with Crippen LogP contribution in [0.2, 0.25) is 0 Å². The van der Waals surface area contributed by atoms with E-state index in [0.717, 1.165) is 11.3 Å². The van der Waals surface area contributed by atoms with Crippen molar-refractivity contribution in [2.45, 2.75) is 39.3 Å². The van der Waals surface area contributed by atoms with E-state index in [2.05, 4.69) is 20.3 Å². The van der Waals surface area contributed by atoms with Crippen LogP contribution in [0.25, 0.3) is 11.3 Å². The first-order valence-electron chi connectivity index (χ1n) is 9.61. The lowest BCUT2D eigenvalue weighted by Crippen LogP contribution is -2.40. The molecule has 1 aliphatic rings. The molecule has 3 heterocycles. The zero-order chi connectivity index (χ0) is 21.3. The molecule has 0 atom stereocenters. The van der Waals surface area contributed by atoms with Crippen molar-refractivity contribution in [2.24, 2.45) is 0 Å². The number of carbonyl (C=O) groups is 1. The molecule has 0 saturated heterocycles. The molecule has 0 saturated carbocycles. The summed E-state index contributed by atoms with van der Waals surface area (Å²) in [4.78, 5) is 26.4. The van der Waals surface area contributed by atoms with Crippen molar-refractivity contribution >= 4 is 17.7 Å². The number of ether oxygens (including phenoxy) is 1. The summed E-state index contributed by atoms with van der Waals surface area (Å²) in [5.41, 5.74) is 2.34. The first kappa shape index (κ1) is 19.7. The summed E-state index contributed by atoms with van der Waals surface area (Å²) < 4.78 is 10.7. The number of oxazole rings is 1. The Labute approximate surface area is 173 Å². The van der Waals surface area contributed by atoms with Crippen molar-refractivity contribution in [3.8, 4) is 17.2 Å². The van der Waals surface area contributed by atoms with Gasteiger partial charge in [-0.05, 0) is 45.0 Å². The van der Waals surface area contributed by atoms with Gasteiger partial charge in [0.2, 0.25) is 11.8 Å². The molecule has 1 aliphatic heterocycles. The number of aromatic nitrogens is 3. The Morgan fingerprint density at radius 3 is 2.67 bits per heavy atom. The second kappa shape index (κ2) is 7.66. The standard InChI is InChI=1S/C21H23N5O4/c1-21(2,3)30-20(28)26-9-8-16-15(11-26)18(27)25-19(24-16)23-14-6-4-13(5-7-14)17-10-22-12-29-17/h4-7,10,12H,8-9,11H2,1-3H3,(H2,23,24,25,27). The average molecular weight is 409 g/mol. The van der Waals surface area contributed by atoms with E-state index < -0.39 is 11.7 Å². The Morgan fingerprint density at radius 1 is 1.23 bits per heavy atom. The summed E-state index contributed by atoms with van der Waals surface area (Å²) in [5, 5.41) is 13.5. The van der Waals surface area contributed by atoms with Crippen LogP contribution < -0.4 is 5.32 Å². The van der Waals surface area contributed by atoms with E-state index in [0.29, 0.717) is 35.9 Å². The summed E-state index contributed by atoms with van der Waals surface area (Å²) in [5.74, 6) is 0.831. The summed E-state index contributed by atoms with van der Waals surface area (Å²) in [6.45, 7) is 6.13. The van der Waals surface area contributed by atoms with Crippen molar-refractivity contribution in [2.75, 3.05) is 11.9 Å². The lowest BCUT2D eigenvalue weighted by molar-refractivity contribution is 0.0221. The van der Waals surface area contributed by atoms with Gasteiger partial charge in [0.05, 0.1) is 24.0 Å². The molecule has 2 N–H and O–H groups in total. The van der Waals surface area contributed by atoms with Gasteiger partial charge in [-0.1, -0.05) is 0 Å². The molecule has 4 rings (SSSR count). The number of nitrogens with zero attached hydrogens (tertiary/aromatic N) is 4. The van der Waals surface area contributed by atoms with Gasteiger partial charge >= 0.3 is 6.09 Å². The number of anilines is 2. The van der Waals surface area contributed by atoms with Gasteiger partial charge in [0.25, 0.3) is 0 Å². The molecule has 2 aromatic heterocycles. The SMILES string of the molecule is CC(C)(C)OC(=O)N1CCc2nc(Nc3ccc(-c4cnco4)cc3)nc(O)c2C1. The Morgan fingerprint density at radius 2 is 2.00 bits per heavy atom. The molecular formula is C21H23N5O4. The summed E-state index contributed by atoms with van der Waals surface area (Å²) in [6, 6.07) is 7.50. The molecule has 0 radical (unpaired) electrons. The van der Waals surface area contributed by atoms with E-state index in [4.69, 9.17) is 9.15 Å². The van der Waals surface area contributed by atoms with Crippen molar-refractivity contribution in [1.29, 1.82) is 0 Å². The minimum atomic E-state index is -0.577. The highest BCUT2D eigenvalue weighted by molar-refractivity contribution is 5.69. The van der Waals surface area contributed by atoms with Crippen molar-refractivity contribution in [3.05, 3.63) is 48.1 Å². The van der Waals surface area contributed by atoms with E-state index >= 15 is 0 Å². The lowest BCUT2D eigenvalue weighted by atomic mass is 10.1. The molecule has 0 unspecified atom stereocenters. The van der Waals surface area contributed by atoms with Crippen LogP contribution in [-0.2, 0) is 17.7 Å². The van der Waals surface area contributed by atoms with Crippen molar-refractivity contribution in [3.63, 3.8) is 0 Å². The number of carbonyl (C=O) groups excluding carboxylic acids is 1. The van der Waals surface area contributed by atoms with E-state index in [-0.39, 0.29) is 12.4 Å². The lowest BCUT2D eigenvalue weighted by Gasteiger charge is -2.30. The third-order valence-electron chi connectivity index (χ3n) is 4.55. The maximum atomic E-state index is 12.3. The fourth-order valence-electron chi connectivity index (χ4n) is 3.14. The van der Waals surface area contributed by atoms with Gasteiger partial charge in [0.15, 0.2) is 12.2 Å². The second-order valence-electron chi connectivity index (χ2n) is 8.02. The van der Waals surface area contributed by atoms with Gasteiger partial charge in [-0.15, -0.1) is 0 Å². The van der Waals surface area contributed by atoms with Crippen LogP contribution in [0.15, 0.2) is 41.3 Å². The summed E-state index contributed by atoms with van der Waals surface area (Å²) in [7, 11) is 0. The van der Waals surface area contributed by atoms with Gasteiger partial charge in [-0.25, -0.2) is 14.8 Å². The topological polar surface area (TPSA) is 114 Å². The van der Waals surface area contributed by atoms with E-state index in [9.17, 15) is 9.90 Å². The zero-order valence-corrected chi connectivity index (χ0v) is 17.0. The molecule has 0 bridgehead atoms. The highest BCUT2D eigenvalue weighted by Crippen LogP contribution is 2.28. The van der Waals surface area contributed by atoms with Gasteiger partial charge < -0.3 is 24.5 Å². The molecule has 9 heteroatoms. The van der Waals surface area contributed by atoms with Crippen LogP contribution in [0, 0.1) is 0 Å². The van der Waals surface area contributed by atoms with E-state index in [1.807, 2.05) is 45.0 Å². The van der Waals surface area contributed by atoms with E-state index in [1.165, 1.54) is 6.39 Å². The highest BCUT2D eigenvalue weighted by atomic mass is 16.6. The number of fused-ring (bicyclic) bond motifs is 1. The molecule has 3 aromatic rings. The molecule has 1 amide bonds. The summed E-state index contributed by atoms with van der Waals surface area (Å²) >= 11 is 0. The predicted molar refractivity (Wildman–Crippen MR) is 109 cm³/mol. The van der Waals surface area contributed by atoms with Crippen LogP contribution in [0.5, 0.6) is 5.88 Å². The molecule has 0 aliphatic carbocycles. The maximum absolute atomic E-state index is 12.3. The predicted octanol–water partition coefficient (Wildman–Crippen LogP) is 3.87. The van der Waals surface area contributed by atoms with Crippen LogP contribution >= 0.6 is 0 Å². The van der Waals surface area contributed by atoms with Crippen LogP contribution in [0.3, 0.4) is 0 Å². The Kier molecular flexibility index (Phi) is 5.03. The molecule has 30 heavy (non-hydrogen) atoms. The van der Waals surface area contributed by atoms with Gasteiger partial charge in [0.1, 0.15) is 5.60 Å². The van der Waals surface area contributed by atoms with Crippen molar-refractivity contribution < 1.29 is 19.1 Å². The number of hydrogen-bond donors (Lipinski definition) is 2. The number of aromatic hydroxyl groups is 1. The molecule has 0 spiro atoms. The van der Waals surface area contributed by atoms with Gasteiger partial charge in [-0.2, -0.15) is 4.98 Å². The third kappa shape index (κ3) is 4.35.